The summed E-state index contributed by atoms with van der Waals surface area (Å²) in [6.45, 7) is 2.02. The van der Waals surface area contributed by atoms with E-state index >= 15 is 0 Å². The van der Waals surface area contributed by atoms with Gasteiger partial charge in [0.2, 0.25) is 21.8 Å². The number of sulfonamides is 1. The summed E-state index contributed by atoms with van der Waals surface area (Å²) in [6.07, 6.45) is 1.78. The number of benzene rings is 2. The van der Waals surface area contributed by atoms with Gasteiger partial charge in [0.25, 0.3) is 0 Å². The van der Waals surface area contributed by atoms with Crippen LogP contribution >= 0.6 is 0 Å². The standard InChI is InChI=1S/C24H32FN3O5S/c1-5-22(24(30)26-2)27(17-18-11-13-19(25)14-12-18)23(29)10-7-15-28(34(4,31)32)20-8-6-9-21(16-20)33-3/h6,8-9,11-14,16,22H,5,7,10,15,17H2,1-4H3,(H,26,30)/t22-/m1/s1. The molecule has 2 amide bonds. The quantitative estimate of drug-likeness (QED) is 0.491. The van der Waals surface area contributed by atoms with Crippen molar-refractivity contribution in [2.75, 3.05) is 31.3 Å². The third kappa shape index (κ3) is 7.44. The third-order valence-electron chi connectivity index (χ3n) is 5.39. The first-order valence-electron chi connectivity index (χ1n) is 11.0. The van der Waals surface area contributed by atoms with Crippen molar-refractivity contribution < 1.29 is 27.1 Å². The lowest BCUT2D eigenvalue weighted by Gasteiger charge is -2.30. The zero-order chi connectivity index (χ0) is 25.3. The lowest BCUT2D eigenvalue weighted by Crippen LogP contribution is -2.48. The molecule has 0 radical (unpaired) electrons. The number of rotatable bonds is 12. The summed E-state index contributed by atoms with van der Waals surface area (Å²) >= 11 is 0. The molecule has 34 heavy (non-hydrogen) atoms. The van der Waals surface area contributed by atoms with Gasteiger partial charge in [0, 0.05) is 32.6 Å². The van der Waals surface area contributed by atoms with Gasteiger partial charge in [0.05, 0.1) is 19.1 Å². The first-order chi connectivity index (χ1) is 16.1. The fourth-order valence-electron chi connectivity index (χ4n) is 3.64. The van der Waals surface area contributed by atoms with E-state index in [9.17, 15) is 22.4 Å². The summed E-state index contributed by atoms with van der Waals surface area (Å²) in [5.41, 5.74) is 1.13. The van der Waals surface area contributed by atoms with E-state index in [1.165, 1.54) is 35.5 Å². The Balaban J connectivity index is 2.19. The molecule has 0 aliphatic heterocycles. The van der Waals surface area contributed by atoms with Crippen molar-refractivity contribution in [2.45, 2.75) is 38.8 Å². The number of hydrogen-bond acceptors (Lipinski definition) is 5. The van der Waals surface area contributed by atoms with Crippen LogP contribution in [0.2, 0.25) is 0 Å². The first kappa shape index (κ1) is 27.1. The molecule has 1 atom stereocenters. The van der Waals surface area contributed by atoms with Gasteiger partial charge < -0.3 is 15.0 Å². The third-order valence-corrected chi connectivity index (χ3v) is 6.59. The predicted molar refractivity (Wildman–Crippen MR) is 130 cm³/mol. The van der Waals surface area contributed by atoms with Crippen LogP contribution in [0.3, 0.4) is 0 Å². The molecule has 8 nitrogen and oxygen atoms in total. The largest absolute Gasteiger partial charge is 0.497 e. The Morgan fingerprint density at radius 3 is 2.38 bits per heavy atom. The summed E-state index contributed by atoms with van der Waals surface area (Å²) in [5, 5.41) is 2.58. The average molecular weight is 494 g/mol. The number of halogens is 1. The zero-order valence-electron chi connectivity index (χ0n) is 20.0. The minimum absolute atomic E-state index is 0.0324. The second-order valence-electron chi connectivity index (χ2n) is 7.83. The van der Waals surface area contributed by atoms with E-state index in [0.29, 0.717) is 23.4 Å². The molecule has 1 N–H and O–H groups in total. The Bertz CT molecular complexity index is 1080. The second-order valence-corrected chi connectivity index (χ2v) is 9.73. The predicted octanol–water partition coefficient (Wildman–Crippen LogP) is 2.93. The van der Waals surface area contributed by atoms with Crippen LogP contribution in [-0.4, -0.2) is 58.1 Å². The number of nitrogens with zero attached hydrogens (tertiary/aromatic N) is 2. The SMILES string of the molecule is CC[C@H](C(=O)NC)N(Cc1ccc(F)cc1)C(=O)CCCN(c1cccc(OC)c1)S(C)(=O)=O. The fourth-order valence-corrected chi connectivity index (χ4v) is 4.60. The summed E-state index contributed by atoms with van der Waals surface area (Å²) < 4.78 is 44.5. The van der Waals surface area contributed by atoms with Crippen molar-refractivity contribution in [1.82, 2.24) is 10.2 Å². The van der Waals surface area contributed by atoms with Crippen LogP contribution in [-0.2, 0) is 26.2 Å². The molecule has 2 rings (SSSR count). The number of nitrogens with one attached hydrogen (secondary N) is 1. The van der Waals surface area contributed by atoms with Crippen LogP contribution in [0.25, 0.3) is 0 Å². The maximum atomic E-state index is 13.3. The molecular formula is C24H32FN3O5S. The molecule has 0 bridgehead atoms. The summed E-state index contributed by atoms with van der Waals surface area (Å²) in [7, 11) is -0.600. The van der Waals surface area contributed by atoms with Gasteiger partial charge in [-0.3, -0.25) is 13.9 Å². The van der Waals surface area contributed by atoms with Gasteiger partial charge in [-0.2, -0.15) is 0 Å². The number of likely N-dealkylation sites (N-methyl/N-ethyl adjacent to an activating group) is 1. The molecule has 0 spiro atoms. The van der Waals surface area contributed by atoms with Gasteiger partial charge in [-0.15, -0.1) is 0 Å². The number of carbonyl (C=O) groups excluding carboxylic acids is 2. The van der Waals surface area contributed by atoms with E-state index in [2.05, 4.69) is 5.32 Å². The second kappa shape index (κ2) is 12.4. The number of anilines is 1. The van der Waals surface area contributed by atoms with E-state index in [-0.39, 0.29) is 37.7 Å². The molecule has 10 heteroatoms. The van der Waals surface area contributed by atoms with Gasteiger partial charge in [0.15, 0.2) is 0 Å². The lowest BCUT2D eigenvalue weighted by atomic mass is 10.1. The van der Waals surface area contributed by atoms with Gasteiger partial charge in [0.1, 0.15) is 17.6 Å². The molecular weight excluding hydrogens is 461 g/mol. The van der Waals surface area contributed by atoms with E-state index < -0.39 is 21.9 Å². The van der Waals surface area contributed by atoms with Crippen molar-refractivity contribution >= 4 is 27.5 Å². The summed E-state index contributed by atoms with van der Waals surface area (Å²) in [5.74, 6) is -0.464. The van der Waals surface area contributed by atoms with Gasteiger partial charge in [-0.25, -0.2) is 12.8 Å². The van der Waals surface area contributed by atoms with E-state index in [4.69, 9.17) is 4.74 Å². The molecule has 0 aromatic heterocycles. The number of carbonyl (C=O) groups is 2. The van der Waals surface area contributed by atoms with Crippen LogP contribution in [0, 0.1) is 5.82 Å². The minimum Gasteiger partial charge on any atom is -0.497 e. The highest BCUT2D eigenvalue weighted by Gasteiger charge is 2.28. The summed E-state index contributed by atoms with van der Waals surface area (Å²) in [4.78, 5) is 27.1. The molecule has 0 fully saturated rings. The van der Waals surface area contributed by atoms with Crippen LogP contribution < -0.4 is 14.4 Å². The van der Waals surface area contributed by atoms with Gasteiger partial charge in [-0.05, 0) is 42.7 Å². The maximum absolute atomic E-state index is 13.3. The molecule has 0 aliphatic rings. The fraction of sp³-hybridized carbons (Fsp3) is 0.417. The Hall–Kier alpha value is -3.14. The van der Waals surface area contributed by atoms with Crippen molar-refractivity contribution in [1.29, 1.82) is 0 Å². The Morgan fingerprint density at radius 1 is 1.15 bits per heavy atom. The number of hydrogen-bond donors (Lipinski definition) is 1. The normalized spacial score (nSPS) is 12.0. The van der Waals surface area contributed by atoms with Crippen molar-refractivity contribution in [3.05, 3.63) is 59.9 Å². The summed E-state index contributed by atoms with van der Waals surface area (Å²) in [6, 6.07) is 11.7. The molecule has 0 heterocycles. The molecule has 0 saturated carbocycles. The van der Waals surface area contributed by atoms with Crippen molar-refractivity contribution in [3.63, 3.8) is 0 Å². The molecule has 186 valence electrons. The highest BCUT2D eigenvalue weighted by atomic mass is 32.2. The Kier molecular flexibility index (Phi) is 9.85. The maximum Gasteiger partial charge on any atom is 0.242 e. The molecule has 2 aromatic rings. The Labute approximate surface area is 200 Å². The van der Waals surface area contributed by atoms with Crippen molar-refractivity contribution in [2.24, 2.45) is 0 Å². The van der Waals surface area contributed by atoms with E-state index in [1.54, 1.807) is 43.3 Å². The number of methoxy groups -OCH3 is 1. The highest BCUT2D eigenvalue weighted by molar-refractivity contribution is 7.92. The van der Waals surface area contributed by atoms with Crippen molar-refractivity contribution in [3.8, 4) is 5.75 Å². The lowest BCUT2D eigenvalue weighted by molar-refractivity contribution is -0.141. The Morgan fingerprint density at radius 2 is 1.82 bits per heavy atom. The first-order valence-corrected chi connectivity index (χ1v) is 12.8. The zero-order valence-corrected chi connectivity index (χ0v) is 20.8. The average Bonchev–Trinajstić information content (AvgIpc) is 2.81. The van der Waals surface area contributed by atoms with Crippen LogP contribution in [0.15, 0.2) is 48.5 Å². The molecule has 0 unspecified atom stereocenters. The monoisotopic (exact) mass is 493 g/mol. The number of amides is 2. The highest BCUT2D eigenvalue weighted by Crippen LogP contribution is 2.24. The molecule has 0 saturated heterocycles. The number of ether oxygens (including phenoxy) is 1. The van der Waals surface area contributed by atoms with Crippen LogP contribution in [0.5, 0.6) is 5.75 Å². The molecule has 0 aliphatic carbocycles. The van der Waals surface area contributed by atoms with Crippen LogP contribution in [0.4, 0.5) is 10.1 Å². The minimum atomic E-state index is -3.60. The topological polar surface area (TPSA) is 96.0 Å². The van der Waals surface area contributed by atoms with Gasteiger partial charge >= 0.3 is 0 Å². The van der Waals surface area contributed by atoms with Crippen LogP contribution in [0.1, 0.15) is 31.7 Å². The van der Waals surface area contributed by atoms with E-state index in [1.807, 2.05) is 0 Å². The molecule has 2 aromatic carbocycles. The smallest absolute Gasteiger partial charge is 0.242 e. The van der Waals surface area contributed by atoms with Gasteiger partial charge in [-0.1, -0.05) is 25.1 Å². The van der Waals surface area contributed by atoms with E-state index in [0.717, 1.165) is 6.26 Å².